The first-order valence-electron chi connectivity index (χ1n) is 6.24. The maximum Gasteiger partial charge on any atom is 0.414 e. The second kappa shape index (κ2) is 5.66. The number of aliphatic carboxylic acids is 2. The van der Waals surface area contributed by atoms with Gasteiger partial charge in [0, 0.05) is 13.1 Å². The Balaban J connectivity index is 0.000000286. The van der Waals surface area contributed by atoms with E-state index in [-0.39, 0.29) is 17.2 Å². The first kappa shape index (κ1) is 16.2. The van der Waals surface area contributed by atoms with Crippen molar-refractivity contribution in [2.45, 2.75) is 38.3 Å². The highest BCUT2D eigenvalue weighted by Gasteiger charge is 2.49. The van der Waals surface area contributed by atoms with E-state index >= 15 is 0 Å². The van der Waals surface area contributed by atoms with E-state index in [2.05, 4.69) is 5.32 Å². The molecule has 1 spiro atoms. The van der Waals surface area contributed by atoms with Gasteiger partial charge >= 0.3 is 18.0 Å². The van der Waals surface area contributed by atoms with Crippen molar-refractivity contribution < 1.29 is 29.3 Å². The van der Waals surface area contributed by atoms with E-state index in [0.717, 1.165) is 19.6 Å². The van der Waals surface area contributed by atoms with Gasteiger partial charge in [0.2, 0.25) is 0 Å². The van der Waals surface area contributed by atoms with Crippen molar-refractivity contribution in [3.8, 4) is 0 Å². The normalized spacial score (nSPS) is 19.1. The first-order valence-corrected chi connectivity index (χ1v) is 6.24. The SMILES string of the molecule is CC(C)(C)OC(=O)N1CC2(CCN2)C1.O=C(O)C(=O)O. The van der Waals surface area contributed by atoms with Crippen molar-refractivity contribution in [2.24, 2.45) is 0 Å². The molecule has 0 radical (unpaired) electrons. The minimum Gasteiger partial charge on any atom is -0.473 e. The Bertz CT molecular complexity index is 391. The molecule has 8 heteroatoms. The largest absolute Gasteiger partial charge is 0.473 e. The molecule has 1 amide bonds. The molecule has 0 unspecified atom stereocenters. The molecular weight excluding hydrogens is 268 g/mol. The lowest BCUT2D eigenvalue weighted by atomic mass is 9.81. The highest BCUT2D eigenvalue weighted by molar-refractivity contribution is 6.27. The van der Waals surface area contributed by atoms with Gasteiger partial charge in [-0.05, 0) is 33.7 Å². The standard InChI is InChI=1S/C10H18N2O2.C2H2O4/c1-9(2,3)14-8(13)12-6-10(7-12)4-5-11-10;3-1(4)2(5)6/h11H,4-7H2,1-3H3;(H,3,4)(H,5,6). The molecule has 0 saturated carbocycles. The summed E-state index contributed by atoms with van der Waals surface area (Å²) in [5.41, 5.74) is -0.135. The topological polar surface area (TPSA) is 116 Å². The highest BCUT2D eigenvalue weighted by atomic mass is 16.6. The molecule has 2 fully saturated rings. The number of nitrogens with zero attached hydrogens (tertiary/aromatic N) is 1. The molecule has 8 nitrogen and oxygen atoms in total. The summed E-state index contributed by atoms with van der Waals surface area (Å²) in [6.07, 6.45) is 1.00. The van der Waals surface area contributed by atoms with E-state index in [0.29, 0.717) is 0 Å². The molecule has 0 aromatic carbocycles. The fourth-order valence-electron chi connectivity index (χ4n) is 1.89. The number of likely N-dealkylation sites (tertiary alicyclic amines) is 1. The minimum absolute atomic E-state index is 0.183. The summed E-state index contributed by atoms with van der Waals surface area (Å²) in [5.74, 6) is -3.65. The third kappa shape index (κ3) is 4.37. The smallest absolute Gasteiger partial charge is 0.414 e. The van der Waals surface area contributed by atoms with Crippen LogP contribution >= 0.6 is 0 Å². The molecule has 2 saturated heterocycles. The molecule has 0 aromatic rings. The van der Waals surface area contributed by atoms with Crippen LogP contribution in [0.1, 0.15) is 27.2 Å². The monoisotopic (exact) mass is 288 g/mol. The highest BCUT2D eigenvalue weighted by Crippen LogP contribution is 2.30. The van der Waals surface area contributed by atoms with Crippen LogP contribution < -0.4 is 5.32 Å². The molecule has 2 aliphatic heterocycles. The lowest BCUT2D eigenvalue weighted by Crippen LogP contribution is -2.76. The molecule has 3 N–H and O–H groups in total. The number of ether oxygens (including phenoxy) is 1. The fraction of sp³-hybridized carbons (Fsp3) is 0.750. The van der Waals surface area contributed by atoms with E-state index in [1.165, 1.54) is 6.42 Å². The van der Waals surface area contributed by atoms with Gasteiger partial charge in [-0.3, -0.25) is 0 Å². The van der Waals surface area contributed by atoms with Gasteiger partial charge in [0.25, 0.3) is 0 Å². The van der Waals surface area contributed by atoms with Crippen molar-refractivity contribution in [3.63, 3.8) is 0 Å². The van der Waals surface area contributed by atoms with Gasteiger partial charge in [0.15, 0.2) is 0 Å². The van der Waals surface area contributed by atoms with Gasteiger partial charge in [0.05, 0.1) is 5.54 Å². The Morgan fingerprint density at radius 1 is 1.15 bits per heavy atom. The number of carboxylic acid groups (broad SMARTS) is 2. The van der Waals surface area contributed by atoms with Crippen LogP contribution in [0.3, 0.4) is 0 Å². The number of rotatable bonds is 0. The third-order valence-electron chi connectivity index (χ3n) is 2.93. The zero-order valence-electron chi connectivity index (χ0n) is 11.8. The maximum atomic E-state index is 11.5. The Kier molecular flexibility index (Phi) is 4.59. The summed E-state index contributed by atoms with van der Waals surface area (Å²) in [5, 5.41) is 18.1. The van der Waals surface area contributed by atoms with Crippen LogP contribution in [0.2, 0.25) is 0 Å². The first-order chi connectivity index (χ1) is 9.05. The van der Waals surface area contributed by atoms with Gasteiger partial charge in [0.1, 0.15) is 5.60 Å². The molecule has 0 bridgehead atoms. The minimum atomic E-state index is -1.82. The number of carbonyl (C=O) groups excluding carboxylic acids is 1. The van der Waals surface area contributed by atoms with Crippen LogP contribution in [0.15, 0.2) is 0 Å². The molecule has 2 aliphatic rings. The number of amides is 1. The van der Waals surface area contributed by atoms with E-state index in [1.807, 2.05) is 20.8 Å². The van der Waals surface area contributed by atoms with Crippen molar-refractivity contribution in [1.29, 1.82) is 0 Å². The summed E-state index contributed by atoms with van der Waals surface area (Å²) in [7, 11) is 0. The predicted octanol–water partition coefficient (Wildman–Crippen LogP) is 0.125. The summed E-state index contributed by atoms with van der Waals surface area (Å²) >= 11 is 0. The van der Waals surface area contributed by atoms with Crippen LogP contribution in [0.4, 0.5) is 4.79 Å². The number of carboxylic acids is 2. The van der Waals surface area contributed by atoms with E-state index in [4.69, 9.17) is 24.5 Å². The zero-order chi connectivity index (χ0) is 15.6. The number of carbonyl (C=O) groups is 3. The quantitative estimate of drug-likeness (QED) is 0.542. The summed E-state index contributed by atoms with van der Waals surface area (Å²) in [6.45, 7) is 8.37. The Labute approximate surface area is 116 Å². The number of hydrogen-bond donors (Lipinski definition) is 3. The van der Waals surface area contributed by atoms with Gasteiger partial charge in [-0.1, -0.05) is 0 Å². The molecular formula is C12H20N2O6. The average molecular weight is 288 g/mol. The van der Waals surface area contributed by atoms with Crippen LogP contribution in [-0.4, -0.2) is 63.9 Å². The van der Waals surface area contributed by atoms with Crippen LogP contribution in [0.25, 0.3) is 0 Å². The Morgan fingerprint density at radius 2 is 1.60 bits per heavy atom. The fourth-order valence-corrected chi connectivity index (χ4v) is 1.89. The molecule has 2 heterocycles. The lowest BCUT2D eigenvalue weighted by molar-refractivity contribution is -0.159. The molecule has 0 atom stereocenters. The molecule has 0 aromatic heterocycles. The maximum absolute atomic E-state index is 11.5. The summed E-state index contributed by atoms with van der Waals surface area (Å²) in [6, 6.07) is 0. The van der Waals surface area contributed by atoms with Crippen LogP contribution in [0, 0.1) is 0 Å². The lowest BCUT2D eigenvalue weighted by Gasteiger charge is -2.55. The Hall–Kier alpha value is -1.83. The second-order valence-corrected chi connectivity index (χ2v) is 5.90. The Morgan fingerprint density at radius 3 is 1.85 bits per heavy atom. The van der Waals surface area contributed by atoms with E-state index in [9.17, 15) is 4.79 Å². The predicted molar refractivity (Wildman–Crippen MR) is 68.4 cm³/mol. The molecule has 114 valence electrons. The third-order valence-corrected chi connectivity index (χ3v) is 2.93. The van der Waals surface area contributed by atoms with Crippen LogP contribution in [-0.2, 0) is 14.3 Å². The van der Waals surface area contributed by atoms with Gasteiger partial charge < -0.3 is 25.2 Å². The van der Waals surface area contributed by atoms with E-state index < -0.39 is 11.9 Å². The van der Waals surface area contributed by atoms with Gasteiger partial charge in [-0.15, -0.1) is 0 Å². The van der Waals surface area contributed by atoms with Crippen molar-refractivity contribution in [2.75, 3.05) is 19.6 Å². The summed E-state index contributed by atoms with van der Waals surface area (Å²) < 4.78 is 5.26. The van der Waals surface area contributed by atoms with Gasteiger partial charge in [-0.25, -0.2) is 14.4 Å². The van der Waals surface area contributed by atoms with Crippen molar-refractivity contribution in [1.82, 2.24) is 10.2 Å². The van der Waals surface area contributed by atoms with Gasteiger partial charge in [-0.2, -0.15) is 0 Å². The number of nitrogens with one attached hydrogen (secondary N) is 1. The van der Waals surface area contributed by atoms with Crippen molar-refractivity contribution in [3.05, 3.63) is 0 Å². The molecule has 0 aliphatic carbocycles. The second-order valence-electron chi connectivity index (χ2n) is 5.90. The zero-order valence-corrected chi connectivity index (χ0v) is 11.8. The van der Waals surface area contributed by atoms with E-state index in [1.54, 1.807) is 4.90 Å². The molecule has 2 rings (SSSR count). The molecule has 20 heavy (non-hydrogen) atoms. The number of hydrogen-bond acceptors (Lipinski definition) is 5. The summed E-state index contributed by atoms with van der Waals surface area (Å²) in [4.78, 5) is 31.5. The van der Waals surface area contributed by atoms with Crippen LogP contribution in [0.5, 0.6) is 0 Å². The average Bonchev–Trinajstić information content (AvgIpc) is 2.10. The van der Waals surface area contributed by atoms with Crippen molar-refractivity contribution >= 4 is 18.0 Å².